The summed E-state index contributed by atoms with van der Waals surface area (Å²) in [5.41, 5.74) is 0.309. The van der Waals surface area contributed by atoms with Gasteiger partial charge in [0.25, 0.3) is 5.91 Å². The number of carbonyl (C=O) groups is 2. The van der Waals surface area contributed by atoms with Gasteiger partial charge in [-0.2, -0.15) is 0 Å². The largest absolute Gasteiger partial charge is 0.356 e. The lowest BCUT2D eigenvalue weighted by atomic mass is 10.2. The van der Waals surface area contributed by atoms with Crippen molar-refractivity contribution in [1.82, 2.24) is 15.6 Å². The molecule has 1 rings (SSSR count). The Bertz CT molecular complexity index is 466. The maximum absolute atomic E-state index is 11.7. The highest BCUT2D eigenvalue weighted by Gasteiger charge is 2.09. The summed E-state index contributed by atoms with van der Waals surface area (Å²) >= 11 is 11.4. The minimum absolute atomic E-state index is 0.0885. The molecule has 0 bridgehead atoms. The quantitative estimate of drug-likeness (QED) is 0.790. The fourth-order valence-corrected chi connectivity index (χ4v) is 1.56. The second kappa shape index (κ2) is 7.96. The minimum atomic E-state index is -0.339. The van der Waals surface area contributed by atoms with Gasteiger partial charge >= 0.3 is 0 Å². The Morgan fingerprint density at radius 2 is 2.00 bits per heavy atom. The first kappa shape index (κ1) is 15.7. The number of pyridine rings is 1. The molecule has 2 N–H and O–H groups in total. The van der Waals surface area contributed by atoms with Gasteiger partial charge in [-0.3, -0.25) is 9.59 Å². The smallest absolute Gasteiger partial charge is 0.252 e. The molecule has 0 aliphatic rings. The number of hydrogen-bond donors (Lipinski definition) is 2. The molecule has 2 amide bonds. The Morgan fingerprint density at radius 3 is 2.63 bits per heavy atom. The molecule has 1 aromatic rings. The monoisotopic (exact) mass is 303 g/mol. The Hall–Kier alpha value is -1.33. The zero-order chi connectivity index (χ0) is 14.3. The van der Waals surface area contributed by atoms with Crippen LogP contribution in [-0.4, -0.2) is 29.9 Å². The van der Waals surface area contributed by atoms with Crippen molar-refractivity contribution in [2.24, 2.45) is 0 Å². The van der Waals surface area contributed by atoms with E-state index < -0.39 is 0 Å². The third kappa shape index (κ3) is 5.44. The summed E-state index contributed by atoms with van der Waals surface area (Å²) in [5.74, 6) is -0.427. The number of carbonyl (C=O) groups excluding carboxylic acids is 2. The Morgan fingerprint density at radius 1 is 1.26 bits per heavy atom. The predicted octanol–water partition coefficient (Wildman–Crippen LogP) is 2.03. The van der Waals surface area contributed by atoms with Crippen LogP contribution in [0.15, 0.2) is 12.3 Å². The van der Waals surface area contributed by atoms with E-state index in [1.54, 1.807) is 0 Å². The fraction of sp³-hybridized carbons (Fsp3) is 0.417. The van der Waals surface area contributed by atoms with Crippen LogP contribution in [0.25, 0.3) is 0 Å². The van der Waals surface area contributed by atoms with Gasteiger partial charge in [-0.25, -0.2) is 4.98 Å². The molecule has 0 spiro atoms. The van der Waals surface area contributed by atoms with E-state index in [1.165, 1.54) is 12.3 Å². The van der Waals surface area contributed by atoms with Gasteiger partial charge in [0.1, 0.15) is 5.15 Å². The summed E-state index contributed by atoms with van der Waals surface area (Å²) in [4.78, 5) is 26.8. The maximum atomic E-state index is 11.7. The zero-order valence-corrected chi connectivity index (χ0v) is 12.0. The molecule has 1 aromatic heterocycles. The summed E-state index contributed by atoms with van der Waals surface area (Å²) in [5, 5.41) is 5.70. The highest BCUT2D eigenvalue weighted by atomic mass is 35.5. The third-order valence-corrected chi connectivity index (χ3v) is 2.95. The second-order valence-corrected chi connectivity index (χ2v) is 4.62. The van der Waals surface area contributed by atoms with Gasteiger partial charge in [0.05, 0.1) is 10.6 Å². The van der Waals surface area contributed by atoms with Gasteiger partial charge in [0.15, 0.2) is 0 Å². The molecule has 0 saturated carbocycles. The van der Waals surface area contributed by atoms with Crippen LogP contribution in [0.5, 0.6) is 0 Å². The number of halogens is 2. The van der Waals surface area contributed by atoms with E-state index in [0.717, 1.165) is 6.42 Å². The van der Waals surface area contributed by atoms with Crippen molar-refractivity contribution in [3.05, 3.63) is 28.0 Å². The van der Waals surface area contributed by atoms with Gasteiger partial charge in [0.2, 0.25) is 5.91 Å². The van der Waals surface area contributed by atoms with Gasteiger partial charge in [-0.05, 0) is 12.5 Å². The van der Waals surface area contributed by atoms with E-state index >= 15 is 0 Å². The summed E-state index contributed by atoms with van der Waals surface area (Å²) in [6.07, 6.45) is 2.45. The van der Waals surface area contributed by atoms with Crippen LogP contribution in [-0.2, 0) is 4.79 Å². The third-order valence-electron chi connectivity index (χ3n) is 2.27. The van der Waals surface area contributed by atoms with Crippen LogP contribution in [0.4, 0.5) is 0 Å². The average molecular weight is 304 g/mol. The standard InChI is InChI=1S/C12H15Cl2N3O2/c1-2-4-15-10(18)3-5-16-12(19)8-6-9(13)11(14)17-7-8/h6-7H,2-5H2,1H3,(H,15,18)(H,16,19). The van der Waals surface area contributed by atoms with Crippen molar-refractivity contribution < 1.29 is 9.59 Å². The highest BCUT2D eigenvalue weighted by molar-refractivity contribution is 6.41. The van der Waals surface area contributed by atoms with Crippen LogP contribution in [0.2, 0.25) is 10.2 Å². The summed E-state index contributed by atoms with van der Waals surface area (Å²) in [6.45, 7) is 2.87. The number of aromatic nitrogens is 1. The van der Waals surface area contributed by atoms with Gasteiger partial charge in [-0.1, -0.05) is 30.1 Å². The van der Waals surface area contributed by atoms with Gasteiger partial charge in [-0.15, -0.1) is 0 Å². The van der Waals surface area contributed by atoms with Gasteiger partial charge in [0, 0.05) is 25.7 Å². The molecule has 0 radical (unpaired) electrons. The van der Waals surface area contributed by atoms with Crippen molar-refractivity contribution in [2.75, 3.05) is 13.1 Å². The van der Waals surface area contributed by atoms with Crippen LogP contribution in [0, 0.1) is 0 Å². The number of amides is 2. The first-order valence-corrected chi connectivity index (χ1v) is 6.66. The topological polar surface area (TPSA) is 71.1 Å². The second-order valence-electron chi connectivity index (χ2n) is 3.85. The van der Waals surface area contributed by atoms with Crippen molar-refractivity contribution in [3.63, 3.8) is 0 Å². The molecule has 0 aliphatic carbocycles. The van der Waals surface area contributed by atoms with Crippen LogP contribution in [0.1, 0.15) is 30.1 Å². The molecule has 0 aromatic carbocycles. The number of rotatable bonds is 6. The molecular weight excluding hydrogens is 289 g/mol. The fourth-order valence-electron chi connectivity index (χ4n) is 1.29. The lowest BCUT2D eigenvalue weighted by molar-refractivity contribution is -0.120. The molecule has 1 heterocycles. The maximum Gasteiger partial charge on any atom is 0.252 e. The van der Waals surface area contributed by atoms with Crippen LogP contribution >= 0.6 is 23.2 Å². The Labute approximate surface area is 121 Å². The van der Waals surface area contributed by atoms with Crippen molar-refractivity contribution in [1.29, 1.82) is 0 Å². The van der Waals surface area contributed by atoms with Crippen LogP contribution < -0.4 is 10.6 Å². The van der Waals surface area contributed by atoms with Crippen LogP contribution in [0.3, 0.4) is 0 Å². The molecule has 104 valence electrons. The van der Waals surface area contributed by atoms with Crippen molar-refractivity contribution in [2.45, 2.75) is 19.8 Å². The van der Waals surface area contributed by atoms with E-state index in [0.29, 0.717) is 12.1 Å². The summed E-state index contributed by atoms with van der Waals surface area (Å²) in [6, 6.07) is 1.43. The Kier molecular flexibility index (Phi) is 6.59. The molecule has 19 heavy (non-hydrogen) atoms. The number of nitrogens with one attached hydrogen (secondary N) is 2. The van der Waals surface area contributed by atoms with E-state index in [2.05, 4.69) is 15.6 Å². The van der Waals surface area contributed by atoms with Crippen molar-refractivity contribution in [3.8, 4) is 0 Å². The summed E-state index contributed by atoms with van der Waals surface area (Å²) < 4.78 is 0. The molecule has 0 unspecified atom stereocenters. The van der Waals surface area contributed by atoms with Crippen molar-refractivity contribution >= 4 is 35.0 Å². The van der Waals surface area contributed by atoms with E-state index in [4.69, 9.17) is 23.2 Å². The molecule has 7 heteroatoms. The van der Waals surface area contributed by atoms with Gasteiger partial charge < -0.3 is 10.6 Å². The Balaban J connectivity index is 2.39. The normalized spacial score (nSPS) is 10.1. The molecule has 0 fully saturated rings. The lowest BCUT2D eigenvalue weighted by Crippen LogP contribution is -2.31. The zero-order valence-electron chi connectivity index (χ0n) is 10.5. The first-order valence-electron chi connectivity index (χ1n) is 5.90. The van der Waals surface area contributed by atoms with E-state index in [9.17, 15) is 9.59 Å². The van der Waals surface area contributed by atoms with E-state index in [1.807, 2.05) is 6.92 Å². The SMILES string of the molecule is CCCNC(=O)CCNC(=O)c1cnc(Cl)c(Cl)c1. The highest BCUT2D eigenvalue weighted by Crippen LogP contribution is 2.19. The number of hydrogen-bond acceptors (Lipinski definition) is 3. The molecule has 0 saturated heterocycles. The molecule has 0 atom stereocenters. The summed E-state index contributed by atoms with van der Waals surface area (Å²) in [7, 11) is 0. The molecule has 0 aliphatic heterocycles. The predicted molar refractivity (Wildman–Crippen MR) is 74.5 cm³/mol. The average Bonchev–Trinajstić information content (AvgIpc) is 2.39. The molecular formula is C12H15Cl2N3O2. The lowest BCUT2D eigenvalue weighted by Gasteiger charge is -2.06. The first-order chi connectivity index (χ1) is 9.04. The molecule has 5 nitrogen and oxygen atoms in total. The minimum Gasteiger partial charge on any atom is -0.356 e. The number of nitrogens with zero attached hydrogens (tertiary/aromatic N) is 1. The van der Waals surface area contributed by atoms with E-state index in [-0.39, 0.29) is 35.0 Å².